The Kier molecular flexibility index (Phi) is 4.18. The van der Waals surface area contributed by atoms with Gasteiger partial charge in [-0.1, -0.05) is 27.5 Å². The first-order valence-electron chi connectivity index (χ1n) is 5.36. The minimum Gasteiger partial charge on any atom is -0.374 e. The molecule has 1 aliphatic rings. The minimum atomic E-state index is -0.363. The molecule has 2 atom stereocenters. The Labute approximate surface area is 122 Å². The highest BCUT2D eigenvalue weighted by atomic mass is 79.9. The number of hydrogen-bond donors (Lipinski definition) is 0. The maximum Gasteiger partial charge on any atom is 0.128 e. The second-order valence-corrected chi connectivity index (χ2v) is 6.59. The van der Waals surface area contributed by atoms with Gasteiger partial charge in [-0.15, -0.1) is 0 Å². The molecule has 0 amide bonds. The van der Waals surface area contributed by atoms with Crippen molar-refractivity contribution in [2.24, 2.45) is 0 Å². The summed E-state index contributed by atoms with van der Waals surface area (Å²) in [6, 6.07) is 3.04. The highest BCUT2D eigenvalue weighted by Crippen LogP contribution is 2.45. The van der Waals surface area contributed by atoms with Crippen LogP contribution < -0.4 is 0 Å². The van der Waals surface area contributed by atoms with Crippen LogP contribution in [0.5, 0.6) is 0 Å². The third kappa shape index (κ3) is 2.70. The molecule has 2 rings (SSSR count). The quantitative estimate of drug-likeness (QED) is 0.498. The third-order valence-electron chi connectivity index (χ3n) is 3.10. The molecule has 0 spiro atoms. The lowest BCUT2D eigenvalue weighted by Gasteiger charge is -2.29. The van der Waals surface area contributed by atoms with Crippen molar-refractivity contribution in [3.05, 3.63) is 33.0 Å². The molecule has 0 aliphatic carbocycles. The predicted molar refractivity (Wildman–Crippen MR) is 74.4 cm³/mol. The molecule has 0 aromatic heterocycles. The largest absolute Gasteiger partial charge is 0.374 e. The average molecular weight is 386 g/mol. The van der Waals surface area contributed by atoms with Gasteiger partial charge in [0.05, 0.1) is 15.5 Å². The second kappa shape index (κ2) is 5.16. The van der Waals surface area contributed by atoms with Crippen LogP contribution in [0.4, 0.5) is 4.39 Å². The molecule has 1 aromatic carbocycles. The van der Waals surface area contributed by atoms with Crippen molar-refractivity contribution in [2.75, 3.05) is 6.61 Å². The van der Waals surface area contributed by atoms with Crippen LogP contribution in [0.15, 0.2) is 16.6 Å². The van der Waals surface area contributed by atoms with Crippen molar-refractivity contribution in [3.8, 4) is 0 Å². The van der Waals surface area contributed by atoms with Gasteiger partial charge in [0.2, 0.25) is 0 Å². The van der Waals surface area contributed by atoms with Crippen LogP contribution in [0.1, 0.15) is 30.2 Å². The molecular formula is C12H12Br2ClFO. The predicted octanol–water partition coefficient (Wildman–Crippen LogP) is 5.25. The first kappa shape index (κ1) is 13.8. The van der Waals surface area contributed by atoms with Crippen LogP contribution in [0.25, 0.3) is 0 Å². The van der Waals surface area contributed by atoms with E-state index in [-0.39, 0.29) is 16.2 Å². The van der Waals surface area contributed by atoms with E-state index in [0.717, 1.165) is 19.4 Å². The summed E-state index contributed by atoms with van der Waals surface area (Å²) in [4.78, 5) is -0.192. The fourth-order valence-corrected chi connectivity index (χ4v) is 3.26. The fraction of sp³-hybridized carbons (Fsp3) is 0.500. The van der Waals surface area contributed by atoms with Crippen molar-refractivity contribution < 1.29 is 9.13 Å². The standard InChI is InChI=1S/C12H12Br2ClFO/c1-12(3-2-4-17-12)11(14)7-5-9(15)8(13)6-10(7)16/h5-6,11H,2-4H2,1H3. The Morgan fingerprint density at radius 1 is 1.53 bits per heavy atom. The number of benzene rings is 1. The molecule has 2 unspecified atom stereocenters. The summed E-state index contributed by atoms with van der Waals surface area (Å²) in [5.74, 6) is -0.278. The maximum absolute atomic E-state index is 13.9. The SMILES string of the molecule is CC1(C(Br)c2cc(Cl)c(Br)cc2F)CCCO1. The molecule has 0 saturated carbocycles. The van der Waals surface area contributed by atoms with Crippen LogP contribution in [-0.4, -0.2) is 12.2 Å². The van der Waals surface area contributed by atoms with Gasteiger partial charge in [0, 0.05) is 16.6 Å². The second-order valence-electron chi connectivity index (χ2n) is 4.42. The Morgan fingerprint density at radius 2 is 2.24 bits per heavy atom. The molecule has 1 saturated heterocycles. The van der Waals surface area contributed by atoms with E-state index in [1.807, 2.05) is 6.92 Å². The van der Waals surface area contributed by atoms with Crippen molar-refractivity contribution in [3.63, 3.8) is 0 Å². The zero-order valence-corrected chi connectivity index (χ0v) is 13.2. The maximum atomic E-state index is 13.9. The summed E-state index contributed by atoms with van der Waals surface area (Å²) in [5.41, 5.74) is 0.181. The molecule has 1 aromatic rings. The van der Waals surface area contributed by atoms with Crippen molar-refractivity contribution >= 4 is 43.5 Å². The lowest BCUT2D eigenvalue weighted by atomic mass is 9.93. The first-order chi connectivity index (χ1) is 7.94. The molecule has 1 aliphatic heterocycles. The molecule has 17 heavy (non-hydrogen) atoms. The molecule has 0 bridgehead atoms. The molecule has 0 radical (unpaired) electrons. The van der Waals surface area contributed by atoms with Crippen molar-refractivity contribution in [1.29, 1.82) is 0 Å². The van der Waals surface area contributed by atoms with Gasteiger partial charge in [-0.05, 0) is 47.8 Å². The van der Waals surface area contributed by atoms with Gasteiger partial charge in [0.15, 0.2) is 0 Å². The van der Waals surface area contributed by atoms with Gasteiger partial charge < -0.3 is 4.74 Å². The highest BCUT2D eigenvalue weighted by Gasteiger charge is 2.39. The van der Waals surface area contributed by atoms with Gasteiger partial charge in [-0.3, -0.25) is 0 Å². The van der Waals surface area contributed by atoms with Crippen LogP contribution in [0.2, 0.25) is 5.02 Å². The summed E-state index contributed by atoms with van der Waals surface area (Å²) >= 11 is 12.8. The monoisotopic (exact) mass is 384 g/mol. The fourth-order valence-electron chi connectivity index (χ4n) is 2.06. The van der Waals surface area contributed by atoms with Gasteiger partial charge in [0.25, 0.3) is 0 Å². The van der Waals surface area contributed by atoms with Gasteiger partial charge in [0.1, 0.15) is 5.82 Å². The zero-order chi connectivity index (χ0) is 12.6. The smallest absolute Gasteiger partial charge is 0.128 e. The topological polar surface area (TPSA) is 9.23 Å². The summed E-state index contributed by atoms with van der Waals surface area (Å²) in [5, 5.41) is 0.507. The van der Waals surface area contributed by atoms with E-state index in [4.69, 9.17) is 16.3 Å². The molecule has 5 heteroatoms. The number of ether oxygens (including phenoxy) is 1. The van der Waals surface area contributed by atoms with E-state index in [9.17, 15) is 4.39 Å². The van der Waals surface area contributed by atoms with Crippen LogP contribution in [0.3, 0.4) is 0 Å². The van der Waals surface area contributed by atoms with E-state index in [2.05, 4.69) is 31.9 Å². The summed E-state index contributed by atoms with van der Waals surface area (Å²) in [6.07, 6.45) is 1.92. The van der Waals surface area contributed by atoms with E-state index in [1.54, 1.807) is 6.07 Å². The Morgan fingerprint density at radius 3 is 2.82 bits per heavy atom. The van der Waals surface area contributed by atoms with Crippen LogP contribution in [0, 0.1) is 5.82 Å². The lowest BCUT2D eigenvalue weighted by molar-refractivity contribution is 0.0191. The van der Waals surface area contributed by atoms with E-state index < -0.39 is 0 Å². The first-order valence-corrected chi connectivity index (χ1v) is 7.45. The van der Waals surface area contributed by atoms with Crippen molar-refractivity contribution in [1.82, 2.24) is 0 Å². The van der Waals surface area contributed by atoms with Crippen LogP contribution >= 0.6 is 43.5 Å². The zero-order valence-electron chi connectivity index (χ0n) is 9.27. The molecular weight excluding hydrogens is 374 g/mol. The minimum absolute atomic E-state index is 0.192. The number of hydrogen-bond acceptors (Lipinski definition) is 1. The number of halogens is 4. The summed E-state index contributed by atoms with van der Waals surface area (Å²) in [6.45, 7) is 2.72. The van der Waals surface area contributed by atoms with Gasteiger partial charge in [-0.25, -0.2) is 4.39 Å². The average Bonchev–Trinajstić information content (AvgIpc) is 2.71. The number of rotatable bonds is 2. The Bertz CT molecular complexity index is 433. The lowest BCUT2D eigenvalue weighted by Crippen LogP contribution is -2.29. The number of alkyl halides is 1. The van der Waals surface area contributed by atoms with Gasteiger partial charge >= 0.3 is 0 Å². The molecule has 1 nitrogen and oxygen atoms in total. The van der Waals surface area contributed by atoms with Crippen molar-refractivity contribution in [2.45, 2.75) is 30.2 Å². The van der Waals surface area contributed by atoms with E-state index in [0.29, 0.717) is 15.1 Å². The Balaban J connectivity index is 2.36. The van der Waals surface area contributed by atoms with E-state index >= 15 is 0 Å². The van der Waals surface area contributed by atoms with Crippen LogP contribution in [-0.2, 0) is 4.74 Å². The molecule has 0 N–H and O–H groups in total. The molecule has 1 heterocycles. The third-order valence-corrected chi connectivity index (χ3v) is 5.76. The molecule has 94 valence electrons. The Hall–Kier alpha value is 0.360. The summed E-state index contributed by atoms with van der Waals surface area (Å²) < 4.78 is 20.2. The highest BCUT2D eigenvalue weighted by molar-refractivity contribution is 9.10. The molecule has 1 fully saturated rings. The summed E-state index contributed by atoms with van der Waals surface area (Å²) in [7, 11) is 0. The normalized spacial score (nSPS) is 26.2. The van der Waals surface area contributed by atoms with Gasteiger partial charge in [-0.2, -0.15) is 0 Å². The van der Waals surface area contributed by atoms with E-state index in [1.165, 1.54) is 6.07 Å².